The predicted molar refractivity (Wildman–Crippen MR) is 67.5 cm³/mol. The summed E-state index contributed by atoms with van der Waals surface area (Å²) in [5.74, 6) is -0.721. The smallest absolute Gasteiger partial charge is 0.271 e. The Bertz CT molecular complexity index is 638. The lowest BCUT2D eigenvalue weighted by atomic mass is 10.2. The van der Waals surface area contributed by atoms with Crippen molar-refractivity contribution >= 4 is 27.0 Å². The van der Waals surface area contributed by atoms with E-state index in [0.29, 0.717) is 0 Å². The largest absolute Gasteiger partial charge is 0.392 e. The summed E-state index contributed by atoms with van der Waals surface area (Å²) in [5.41, 5.74) is -0.0245. The Balaban J connectivity index is 2.41. The molecule has 0 saturated heterocycles. The summed E-state index contributed by atoms with van der Waals surface area (Å²) in [7, 11) is -3.81. The Morgan fingerprint density at radius 2 is 2.06 bits per heavy atom. The highest BCUT2D eigenvalue weighted by molar-refractivity contribution is 7.94. The van der Waals surface area contributed by atoms with Crippen molar-refractivity contribution in [3.8, 4) is 0 Å². The van der Waals surface area contributed by atoms with Gasteiger partial charge in [0.15, 0.2) is 0 Å². The zero-order chi connectivity index (χ0) is 13.2. The number of anilines is 1. The topological polar surface area (TPSA) is 66.4 Å². The zero-order valence-electron chi connectivity index (χ0n) is 9.13. The van der Waals surface area contributed by atoms with Gasteiger partial charge in [0, 0.05) is 5.56 Å². The lowest BCUT2D eigenvalue weighted by Gasteiger charge is -2.11. The molecule has 0 spiro atoms. The fourth-order valence-corrected chi connectivity index (χ4v) is 3.52. The molecule has 0 amide bonds. The summed E-state index contributed by atoms with van der Waals surface area (Å²) in [6, 6.07) is 7.00. The Kier molecular flexibility index (Phi) is 3.65. The van der Waals surface area contributed by atoms with Crippen LogP contribution in [-0.4, -0.2) is 13.5 Å². The highest BCUT2D eigenvalue weighted by Crippen LogP contribution is 2.25. The molecule has 2 N–H and O–H groups in total. The molecule has 2 rings (SSSR count). The van der Waals surface area contributed by atoms with Gasteiger partial charge < -0.3 is 5.11 Å². The van der Waals surface area contributed by atoms with E-state index < -0.39 is 22.4 Å². The molecule has 0 bridgehead atoms. The average molecular weight is 287 g/mol. The normalized spacial score (nSPS) is 11.4. The number of benzene rings is 1. The van der Waals surface area contributed by atoms with E-state index in [-0.39, 0.29) is 15.5 Å². The van der Waals surface area contributed by atoms with Gasteiger partial charge in [-0.3, -0.25) is 4.72 Å². The lowest BCUT2D eigenvalue weighted by molar-refractivity contribution is 0.282. The number of hydrogen-bond acceptors (Lipinski definition) is 4. The van der Waals surface area contributed by atoms with Crippen molar-refractivity contribution in [1.29, 1.82) is 0 Å². The minimum Gasteiger partial charge on any atom is -0.392 e. The van der Waals surface area contributed by atoms with Crippen LogP contribution < -0.4 is 4.72 Å². The molecule has 1 heterocycles. The molecule has 1 aromatic carbocycles. The average Bonchev–Trinajstić information content (AvgIpc) is 2.86. The van der Waals surface area contributed by atoms with Crippen LogP contribution in [0.15, 0.2) is 39.9 Å². The second-order valence-corrected chi connectivity index (χ2v) is 6.33. The first-order valence-electron chi connectivity index (χ1n) is 4.99. The number of sulfonamides is 1. The van der Waals surface area contributed by atoms with E-state index in [1.807, 2.05) is 0 Å². The Labute approximate surface area is 108 Å². The fraction of sp³-hybridized carbons (Fsp3) is 0.0909. The Hall–Kier alpha value is -1.44. The lowest BCUT2D eigenvalue weighted by Crippen LogP contribution is -2.14. The van der Waals surface area contributed by atoms with Gasteiger partial charge >= 0.3 is 0 Å². The summed E-state index contributed by atoms with van der Waals surface area (Å²) in [4.78, 5) is 0. The van der Waals surface area contributed by atoms with E-state index >= 15 is 0 Å². The van der Waals surface area contributed by atoms with Gasteiger partial charge in [-0.05, 0) is 17.5 Å². The van der Waals surface area contributed by atoms with Gasteiger partial charge in [-0.2, -0.15) is 0 Å². The molecule has 18 heavy (non-hydrogen) atoms. The van der Waals surface area contributed by atoms with E-state index in [9.17, 15) is 12.8 Å². The number of para-hydroxylation sites is 1. The monoisotopic (exact) mass is 287 g/mol. The molecule has 2 aromatic rings. The zero-order valence-corrected chi connectivity index (χ0v) is 10.8. The molecule has 0 fully saturated rings. The third kappa shape index (κ3) is 2.53. The molecule has 0 radical (unpaired) electrons. The Morgan fingerprint density at radius 1 is 1.28 bits per heavy atom. The third-order valence-electron chi connectivity index (χ3n) is 2.27. The van der Waals surface area contributed by atoms with Gasteiger partial charge in [-0.25, -0.2) is 12.8 Å². The van der Waals surface area contributed by atoms with E-state index in [0.717, 1.165) is 17.4 Å². The molecule has 96 valence electrons. The van der Waals surface area contributed by atoms with Crippen molar-refractivity contribution in [3.63, 3.8) is 0 Å². The number of aliphatic hydroxyl groups excluding tert-OH is 1. The fourth-order valence-electron chi connectivity index (χ4n) is 1.42. The van der Waals surface area contributed by atoms with Crippen LogP contribution in [0.4, 0.5) is 10.1 Å². The first kappa shape index (κ1) is 13.0. The second-order valence-electron chi connectivity index (χ2n) is 3.47. The van der Waals surface area contributed by atoms with E-state index in [2.05, 4.69) is 4.72 Å². The number of aliphatic hydroxyl groups is 1. The highest BCUT2D eigenvalue weighted by atomic mass is 32.2. The van der Waals surface area contributed by atoms with Crippen LogP contribution in [0.3, 0.4) is 0 Å². The summed E-state index contributed by atoms with van der Waals surface area (Å²) in [6.07, 6.45) is 0. The van der Waals surface area contributed by atoms with Crippen LogP contribution in [0.5, 0.6) is 0 Å². The number of rotatable bonds is 4. The number of nitrogens with one attached hydrogen (secondary N) is 1. The van der Waals surface area contributed by atoms with Crippen molar-refractivity contribution in [2.24, 2.45) is 0 Å². The summed E-state index contributed by atoms with van der Waals surface area (Å²) in [5, 5.41) is 10.7. The second kappa shape index (κ2) is 5.05. The minimum absolute atomic E-state index is 0.0923. The quantitative estimate of drug-likeness (QED) is 0.905. The van der Waals surface area contributed by atoms with Crippen LogP contribution >= 0.6 is 11.3 Å². The number of hydrogen-bond donors (Lipinski definition) is 2. The van der Waals surface area contributed by atoms with Crippen molar-refractivity contribution in [2.75, 3.05) is 4.72 Å². The van der Waals surface area contributed by atoms with E-state index in [1.165, 1.54) is 18.2 Å². The highest BCUT2D eigenvalue weighted by Gasteiger charge is 2.19. The maximum Gasteiger partial charge on any atom is 0.271 e. The van der Waals surface area contributed by atoms with Crippen molar-refractivity contribution < 1.29 is 17.9 Å². The third-order valence-corrected chi connectivity index (χ3v) is 5.01. The van der Waals surface area contributed by atoms with Crippen LogP contribution in [-0.2, 0) is 16.6 Å². The molecule has 1 aromatic heterocycles. The predicted octanol–water partition coefficient (Wildman–Crippen LogP) is 2.18. The van der Waals surface area contributed by atoms with Crippen LogP contribution in [0, 0.1) is 5.82 Å². The molecular weight excluding hydrogens is 277 g/mol. The summed E-state index contributed by atoms with van der Waals surface area (Å²) in [6.45, 7) is -0.444. The van der Waals surface area contributed by atoms with Gasteiger partial charge in [-0.1, -0.05) is 18.2 Å². The molecular formula is C11H10FNO3S2. The maximum absolute atomic E-state index is 13.6. The van der Waals surface area contributed by atoms with Crippen LogP contribution in [0.1, 0.15) is 5.56 Å². The Morgan fingerprint density at radius 3 is 2.67 bits per heavy atom. The molecule has 0 unspecified atom stereocenters. The molecule has 0 atom stereocenters. The first-order chi connectivity index (χ1) is 8.54. The van der Waals surface area contributed by atoms with E-state index in [1.54, 1.807) is 11.4 Å². The molecule has 0 aliphatic carbocycles. The molecule has 7 heteroatoms. The molecule has 4 nitrogen and oxygen atoms in total. The number of thiophene rings is 1. The van der Waals surface area contributed by atoms with Gasteiger partial charge in [-0.15, -0.1) is 11.3 Å². The SMILES string of the molecule is O=S(=O)(Nc1c(F)cccc1CO)c1cccs1. The maximum atomic E-state index is 13.6. The van der Waals surface area contributed by atoms with Gasteiger partial charge in [0.2, 0.25) is 0 Å². The standard InChI is InChI=1S/C11H10FNO3S2/c12-9-4-1-3-8(7-14)11(9)13-18(15,16)10-5-2-6-17-10/h1-6,13-14H,7H2. The van der Waals surface area contributed by atoms with Crippen LogP contribution in [0.25, 0.3) is 0 Å². The van der Waals surface area contributed by atoms with Crippen LogP contribution in [0.2, 0.25) is 0 Å². The van der Waals surface area contributed by atoms with Crippen molar-refractivity contribution in [1.82, 2.24) is 0 Å². The molecule has 0 aliphatic heterocycles. The number of halogens is 1. The van der Waals surface area contributed by atoms with Gasteiger partial charge in [0.05, 0.1) is 12.3 Å². The van der Waals surface area contributed by atoms with Gasteiger partial charge in [0.25, 0.3) is 10.0 Å². The van der Waals surface area contributed by atoms with Gasteiger partial charge in [0.1, 0.15) is 10.0 Å². The van der Waals surface area contributed by atoms with Crippen molar-refractivity contribution in [3.05, 3.63) is 47.1 Å². The molecule has 0 aliphatic rings. The first-order valence-corrected chi connectivity index (χ1v) is 7.35. The summed E-state index contributed by atoms with van der Waals surface area (Å²) >= 11 is 1.03. The summed E-state index contributed by atoms with van der Waals surface area (Å²) < 4.78 is 39.7. The van der Waals surface area contributed by atoms with E-state index in [4.69, 9.17) is 5.11 Å². The molecule has 0 saturated carbocycles. The minimum atomic E-state index is -3.81. The van der Waals surface area contributed by atoms with Crippen molar-refractivity contribution in [2.45, 2.75) is 10.8 Å².